The van der Waals surface area contributed by atoms with Crippen molar-refractivity contribution in [2.75, 3.05) is 0 Å². The van der Waals surface area contributed by atoms with Crippen molar-refractivity contribution >= 4 is 22.6 Å². The third-order valence-electron chi connectivity index (χ3n) is 0.931. The van der Waals surface area contributed by atoms with Gasteiger partial charge >= 0.3 is 0 Å². The molecule has 1 aromatic rings. The highest BCUT2D eigenvalue weighted by molar-refractivity contribution is 14.1. The van der Waals surface area contributed by atoms with Crippen LogP contribution in [0.1, 0.15) is 5.69 Å². The number of H-pyrrole nitrogens is 1. The van der Waals surface area contributed by atoms with Crippen LogP contribution in [0.3, 0.4) is 0 Å². The van der Waals surface area contributed by atoms with Gasteiger partial charge in [-0.3, -0.25) is 9.78 Å². The van der Waals surface area contributed by atoms with Gasteiger partial charge in [0.05, 0.1) is 0 Å². The quantitative estimate of drug-likeness (QED) is 0.642. The Labute approximate surface area is 70.2 Å². The summed E-state index contributed by atoms with van der Waals surface area (Å²) in [7, 11) is 0. The normalized spacial score (nSPS) is 9.80. The first-order valence-electron chi connectivity index (χ1n) is 2.55. The molecule has 0 amide bonds. The van der Waals surface area contributed by atoms with Gasteiger partial charge in [-0.2, -0.15) is 0 Å². The van der Waals surface area contributed by atoms with Crippen LogP contribution in [0.2, 0.25) is 0 Å². The van der Waals surface area contributed by atoms with Gasteiger partial charge in [0.1, 0.15) is 5.69 Å². The molecule has 1 heterocycles. The van der Waals surface area contributed by atoms with Gasteiger partial charge in [0.25, 0.3) is 5.56 Å². The van der Waals surface area contributed by atoms with Crippen LogP contribution in [0, 0.1) is 3.83 Å². The molecule has 0 spiro atoms. The molecule has 0 aromatic carbocycles. The Morgan fingerprint density at radius 1 is 1.60 bits per heavy atom. The number of aromatic nitrogens is 3. The molecule has 0 saturated carbocycles. The first-order chi connectivity index (χ1) is 4.74. The smallest absolute Gasteiger partial charge is 0.274 e. The highest BCUT2D eigenvalue weighted by atomic mass is 127. The summed E-state index contributed by atoms with van der Waals surface area (Å²) < 4.78 is 0.472. The maximum absolute atomic E-state index is 10.8. The fourth-order valence-corrected chi connectivity index (χ4v) is 0.827. The van der Waals surface area contributed by atoms with Gasteiger partial charge in [-0.25, -0.2) is 0 Å². The summed E-state index contributed by atoms with van der Waals surface area (Å²) in [4.78, 5) is 13.3. The molecule has 0 radical (unpaired) electrons. The van der Waals surface area contributed by atoms with Crippen molar-refractivity contribution in [2.45, 2.75) is 6.54 Å². The van der Waals surface area contributed by atoms with E-state index in [9.17, 15) is 4.79 Å². The van der Waals surface area contributed by atoms with E-state index in [0.29, 0.717) is 3.83 Å². The van der Waals surface area contributed by atoms with Gasteiger partial charge in [0.2, 0.25) is 0 Å². The lowest BCUT2D eigenvalue weighted by atomic mass is 10.5. The summed E-state index contributed by atoms with van der Waals surface area (Å²) in [6.45, 7) is 0.124. The molecule has 0 atom stereocenters. The fourth-order valence-electron chi connectivity index (χ4n) is 0.474. The van der Waals surface area contributed by atoms with Crippen LogP contribution in [-0.4, -0.2) is 15.2 Å². The van der Waals surface area contributed by atoms with Crippen LogP contribution in [0.4, 0.5) is 0 Å². The minimum atomic E-state index is -0.262. The second-order valence-corrected chi connectivity index (χ2v) is 2.62. The number of rotatable bonds is 1. The number of nitrogens with one attached hydrogen (secondary N) is 1. The Balaban J connectivity index is 3.20. The third-order valence-corrected chi connectivity index (χ3v) is 1.42. The molecule has 0 aliphatic rings. The second kappa shape index (κ2) is 3.06. The van der Waals surface area contributed by atoms with E-state index in [4.69, 9.17) is 5.73 Å². The van der Waals surface area contributed by atoms with Gasteiger partial charge in [-0.15, -0.1) is 10.2 Å². The zero-order valence-electron chi connectivity index (χ0n) is 4.97. The summed E-state index contributed by atoms with van der Waals surface area (Å²) in [5.74, 6) is 0. The minimum Gasteiger partial charge on any atom is -0.325 e. The van der Waals surface area contributed by atoms with E-state index in [-0.39, 0.29) is 17.8 Å². The lowest BCUT2D eigenvalue weighted by Gasteiger charge is -1.91. The van der Waals surface area contributed by atoms with E-state index in [1.807, 2.05) is 22.6 Å². The monoisotopic (exact) mass is 252 g/mol. The molecule has 0 fully saturated rings. The Morgan fingerprint density at radius 2 is 2.30 bits per heavy atom. The number of hydrogen-bond acceptors (Lipinski definition) is 4. The van der Waals surface area contributed by atoms with Crippen molar-refractivity contribution in [1.29, 1.82) is 0 Å². The van der Waals surface area contributed by atoms with E-state index in [1.165, 1.54) is 0 Å². The molecular formula is C4H5IN4O. The van der Waals surface area contributed by atoms with Gasteiger partial charge < -0.3 is 5.73 Å². The van der Waals surface area contributed by atoms with Crippen molar-refractivity contribution < 1.29 is 0 Å². The maximum atomic E-state index is 10.8. The fraction of sp³-hybridized carbons (Fsp3) is 0.250. The topological polar surface area (TPSA) is 84.7 Å². The van der Waals surface area contributed by atoms with Crippen LogP contribution >= 0.6 is 22.6 Å². The molecule has 0 aliphatic carbocycles. The predicted molar refractivity (Wildman–Crippen MR) is 43.3 cm³/mol. The Bertz CT molecular complexity index is 283. The predicted octanol–water partition coefficient (Wildman–Crippen LogP) is -0.772. The maximum Gasteiger partial charge on any atom is 0.274 e. The molecule has 1 aromatic heterocycles. The number of halogens is 1. The molecule has 54 valence electrons. The lowest BCUT2D eigenvalue weighted by molar-refractivity contribution is 0.816. The van der Waals surface area contributed by atoms with Crippen LogP contribution < -0.4 is 11.3 Å². The number of aromatic amines is 1. The van der Waals surface area contributed by atoms with Crippen molar-refractivity contribution in [3.05, 3.63) is 19.9 Å². The van der Waals surface area contributed by atoms with Crippen molar-refractivity contribution in [2.24, 2.45) is 5.73 Å². The molecule has 0 saturated heterocycles. The van der Waals surface area contributed by atoms with E-state index in [0.717, 1.165) is 0 Å². The molecule has 10 heavy (non-hydrogen) atoms. The summed E-state index contributed by atoms with van der Waals surface area (Å²) in [6.07, 6.45) is 0. The van der Waals surface area contributed by atoms with E-state index < -0.39 is 0 Å². The molecule has 0 unspecified atom stereocenters. The Morgan fingerprint density at radius 3 is 2.80 bits per heavy atom. The zero-order valence-corrected chi connectivity index (χ0v) is 7.12. The van der Waals surface area contributed by atoms with Gasteiger partial charge in [-0.05, 0) is 0 Å². The van der Waals surface area contributed by atoms with Crippen LogP contribution in [0.5, 0.6) is 0 Å². The third kappa shape index (κ3) is 1.51. The molecule has 5 nitrogen and oxygen atoms in total. The molecule has 0 bridgehead atoms. The highest BCUT2D eigenvalue weighted by Gasteiger charge is 1.98. The standard InChI is InChI=1S/C4H5IN4O/c5-4-7-3(10)2(1-6)8-9-4/h1,6H2,(H,7,9,10). The SMILES string of the molecule is NCc1nnc(I)[nH]c1=O. The molecule has 3 N–H and O–H groups in total. The van der Waals surface area contributed by atoms with E-state index in [1.54, 1.807) is 0 Å². The first-order valence-corrected chi connectivity index (χ1v) is 3.63. The second-order valence-electron chi connectivity index (χ2n) is 1.60. The number of nitrogens with zero attached hydrogens (tertiary/aromatic N) is 2. The van der Waals surface area contributed by atoms with Gasteiger partial charge in [0, 0.05) is 29.1 Å². The highest BCUT2D eigenvalue weighted by Crippen LogP contribution is 1.87. The van der Waals surface area contributed by atoms with Crippen molar-refractivity contribution in [3.63, 3.8) is 0 Å². The Hall–Kier alpha value is -0.500. The molecular weight excluding hydrogens is 247 g/mol. The van der Waals surface area contributed by atoms with E-state index in [2.05, 4.69) is 15.2 Å². The summed E-state index contributed by atoms with van der Waals surface area (Å²) >= 11 is 1.87. The van der Waals surface area contributed by atoms with Crippen LogP contribution in [-0.2, 0) is 6.54 Å². The average Bonchev–Trinajstić information content (AvgIpc) is 1.88. The van der Waals surface area contributed by atoms with Crippen LogP contribution in [0.25, 0.3) is 0 Å². The molecule has 0 aliphatic heterocycles. The first kappa shape index (κ1) is 7.61. The zero-order chi connectivity index (χ0) is 7.56. The number of nitrogens with two attached hydrogens (primary N) is 1. The van der Waals surface area contributed by atoms with Crippen molar-refractivity contribution in [3.8, 4) is 0 Å². The lowest BCUT2D eigenvalue weighted by Crippen LogP contribution is -2.20. The minimum absolute atomic E-state index is 0.124. The largest absolute Gasteiger partial charge is 0.325 e. The summed E-state index contributed by atoms with van der Waals surface area (Å²) in [5.41, 5.74) is 5.18. The van der Waals surface area contributed by atoms with Crippen LogP contribution in [0.15, 0.2) is 4.79 Å². The van der Waals surface area contributed by atoms with Gasteiger partial charge in [0.15, 0.2) is 3.83 Å². The summed E-state index contributed by atoms with van der Waals surface area (Å²) in [5, 5.41) is 7.18. The van der Waals surface area contributed by atoms with Gasteiger partial charge in [-0.1, -0.05) is 0 Å². The number of hydrogen-bond donors (Lipinski definition) is 2. The summed E-state index contributed by atoms with van der Waals surface area (Å²) in [6, 6.07) is 0. The average molecular weight is 252 g/mol. The molecule has 6 heteroatoms. The molecule has 1 rings (SSSR count). The van der Waals surface area contributed by atoms with E-state index >= 15 is 0 Å². The Kier molecular flexibility index (Phi) is 2.33. The van der Waals surface area contributed by atoms with Crippen molar-refractivity contribution in [1.82, 2.24) is 15.2 Å².